The maximum atomic E-state index is 11.8. The van der Waals surface area contributed by atoms with Crippen molar-refractivity contribution < 1.29 is 9.53 Å². The molecule has 0 saturated carbocycles. The van der Waals surface area contributed by atoms with Crippen molar-refractivity contribution in [2.75, 3.05) is 17.2 Å². The zero-order valence-electron chi connectivity index (χ0n) is 16.0. The Morgan fingerprint density at radius 3 is 2.41 bits per heavy atom. The minimum Gasteiger partial charge on any atom is -0.461 e. The van der Waals surface area contributed by atoms with Gasteiger partial charge >= 0.3 is 5.97 Å². The Hall–Kier alpha value is -3.11. The zero-order chi connectivity index (χ0) is 20.4. The maximum Gasteiger partial charge on any atom is 0.357 e. The lowest BCUT2D eigenvalue weighted by atomic mass is 10.2. The molecule has 3 aromatic heterocycles. The number of carbonyl (C=O) groups is 1. The Balaban J connectivity index is 1.53. The molecular weight excluding hydrogens is 408 g/mol. The lowest BCUT2D eigenvalue weighted by Crippen LogP contribution is -2.06. The third kappa shape index (κ3) is 4.03. The largest absolute Gasteiger partial charge is 0.461 e. The monoisotopic (exact) mass is 426 g/mol. The summed E-state index contributed by atoms with van der Waals surface area (Å²) in [6.45, 7) is 5.99. The fourth-order valence-corrected chi connectivity index (χ4v) is 4.14. The quantitative estimate of drug-likeness (QED) is 0.423. The van der Waals surface area contributed by atoms with Gasteiger partial charge in [0.1, 0.15) is 0 Å². The van der Waals surface area contributed by atoms with E-state index in [2.05, 4.69) is 30.8 Å². The number of thiazole rings is 2. The number of hydrogen-bond donors (Lipinski definition) is 2. The molecule has 8 nitrogen and oxygen atoms in total. The first-order chi connectivity index (χ1) is 14.0. The van der Waals surface area contributed by atoms with Crippen molar-refractivity contribution in [1.82, 2.24) is 20.2 Å². The van der Waals surface area contributed by atoms with Crippen molar-refractivity contribution in [3.63, 3.8) is 0 Å². The summed E-state index contributed by atoms with van der Waals surface area (Å²) < 4.78 is 6.07. The molecule has 0 aliphatic carbocycles. The highest BCUT2D eigenvalue weighted by molar-refractivity contribution is 7.22. The first-order valence-corrected chi connectivity index (χ1v) is 10.6. The van der Waals surface area contributed by atoms with Gasteiger partial charge in [-0.2, -0.15) is 0 Å². The number of fused-ring (bicyclic) bond motifs is 1. The Morgan fingerprint density at radius 2 is 1.72 bits per heavy atom. The molecule has 0 bridgehead atoms. The van der Waals surface area contributed by atoms with Crippen LogP contribution in [-0.4, -0.2) is 32.7 Å². The van der Waals surface area contributed by atoms with Crippen molar-refractivity contribution in [3.8, 4) is 0 Å². The Morgan fingerprint density at radius 1 is 1.03 bits per heavy atom. The van der Waals surface area contributed by atoms with Crippen molar-refractivity contribution >= 4 is 60.8 Å². The second-order valence-corrected chi connectivity index (χ2v) is 8.03. The summed E-state index contributed by atoms with van der Waals surface area (Å²) in [7, 11) is 0. The smallest absolute Gasteiger partial charge is 0.357 e. The number of benzene rings is 1. The zero-order valence-corrected chi connectivity index (χ0v) is 17.6. The van der Waals surface area contributed by atoms with Gasteiger partial charge in [-0.05, 0) is 32.9 Å². The maximum absolute atomic E-state index is 11.8. The number of carbonyl (C=O) groups excluding carboxylic acids is 1. The van der Waals surface area contributed by atoms with Gasteiger partial charge in [0.2, 0.25) is 0 Å². The average Bonchev–Trinajstić information content (AvgIpc) is 3.34. The SMILES string of the molecule is CCOC(=O)c1csc(Nc2nnc(Nc3nc4ccccc4s3)c(C)c2C)n1. The Labute approximate surface area is 175 Å². The van der Waals surface area contributed by atoms with Gasteiger partial charge in [-0.1, -0.05) is 23.5 Å². The van der Waals surface area contributed by atoms with E-state index in [0.717, 1.165) is 26.5 Å². The highest BCUT2D eigenvalue weighted by Gasteiger charge is 2.15. The second-order valence-electron chi connectivity index (χ2n) is 6.14. The van der Waals surface area contributed by atoms with Crippen LogP contribution in [0, 0.1) is 13.8 Å². The molecule has 1 aromatic carbocycles. The van der Waals surface area contributed by atoms with E-state index in [1.165, 1.54) is 11.3 Å². The first kappa shape index (κ1) is 19.2. The molecule has 0 fully saturated rings. The van der Waals surface area contributed by atoms with Crippen LogP contribution in [0.5, 0.6) is 0 Å². The van der Waals surface area contributed by atoms with Crippen LogP contribution in [-0.2, 0) is 4.74 Å². The van der Waals surface area contributed by atoms with Crippen LogP contribution >= 0.6 is 22.7 Å². The van der Waals surface area contributed by atoms with Crippen LogP contribution in [0.15, 0.2) is 29.6 Å². The summed E-state index contributed by atoms with van der Waals surface area (Å²) in [4.78, 5) is 20.6. The van der Waals surface area contributed by atoms with E-state index in [1.807, 2.05) is 38.1 Å². The second kappa shape index (κ2) is 8.10. The summed E-state index contributed by atoms with van der Waals surface area (Å²) >= 11 is 2.87. The summed E-state index contributed by atoms with van der Waals surface area (Å²) in [5, 5.41) is 17.9. The summed E-state index contributed by atoms with van der Waals surface area (Å²) in [6, 6.07) is 7.97. The van der Waals surface area contributed by atoms with Gasteiger partial charge in [0.25, 0.3) is 0 Å². The summed E-state index contributed by atoms with van der Waals surface area (Å²) in [5.74, 6) is 0.798. The molecule has 2 N–H and O–H groups in total. The molecule has 4 rings (SSSR count). The van der Waals surface area contributed by atoms with Crippen LogP contribution in [0.1, 0.15) is 28.5 Å². The van der Waals surface area contributed by atoms with Gasteiger partial charge in [0.15, 0.2) is 27.6 Å². The molecule has 29 heavy (non-hydrogen) atoms. The van der Waals surface area contributed by atoms with E-state index >= 15 is 0 Å². The number of hydrogen-bond acceptors (Lipinski definition) is 10. The molecule has 0 radical (unpaired) electrons. The van der Waals surface area contributed by atoms with Crippen LogP contribution in [0.4, 0.5) is 21.9 Å². The lowest BCUT2D eigenvalue weighted by Gasteiger charge is -2.11. The van der Waals surface area contributed by atoms with E-state index in [9.17, 15) is 4.79 Å². The van der Waals surface area contributed by atoms with Crippen LogP contribution in [0.2, 0.25) is 0 Å². The molecule has 0 saturated heterocycles. The van der Waals surface area contributed by atoms with Crippen molar-refractivity contribution in [3.05, 3.63) is 46.5 Å². The van der Waals surface area contributed by atoms with E-state index in [4.69, 9.17) is 4.74 Å². The number of anilines is 4. The topological polar surface area (TPSA) is 102 Å². The van der Waals surface area contributed by atoms with Crippen molar-refractivity contribution in [1.29, 1.82) is 0 Å². The third-order valence-corrected chi connectivity index (χ3v) is 5.97. The number of ether oxygens (including phenoxy) is 1. The van der Waals surface area contributed by atoms with Crippen LogP contribution < -0.4 is 10.6 Å². The van der Waals surface area contributed by atoms with Gasteiger partial charge in [0.05, 0.1) is 16.8 Å². The number of nitrogens with zero attached hydrogens (tertiary/aromatic N) is 4. The van der Waals surface area contributed by atoms with Crippen molar-refractivity contribution in [2.24, 2.45) is 0 Å². The highest BCUT2D eigenvalue weighted by atomic mass is 32.1. The van der Waals surface area contributed by atoms with E-state index < -0.39 is 5.97 Å². The third-order valence-electron chi connectivity index (χ3n) is 4.26. The summed E-state index contributed by atoms with van der Waals surface area (Å²) in [5.41, 5.74) is 3.10. The lowest BCUT2D eigenvalue weighted by molar-refractivity contribution is 0.0520. The molecule has 0 atom stereocenters. The van der Waals surface area contributed by atoms with Gasteiger partial charge in [-0.3, -0.25) is 0 Å². The fourth-order valence-electron chi connectivity index (χ4n) is 2.60. The molecule has 3 heterocycles. The molecule has 0 unspecified atom stereocenters. The molecule has 10 heteroatoms. The predicted molar refractivity (Wildman–Crippen MR) is 116 cm³/mol. The van der Waals surface area contributed by atoms with E-state index in [1.54, 1.807) is 23.6 Å². The minimum absolute atomic E-state index is 0.274. The highest BCUT2D eigenvalue weighted by Crippen LogP contribution is 2.31. The summed E-state index contributed by atoms with van der Waals surface area (Å²) in [6.07, 6.45) is 0. The molecule has 148 valence electrons. The Bertz CT molecular complexity index is 1150. The van der Waals surface area contributed by atoms with E-state index in [0.29, 0.717) is 23.4 Å². The molecule has 4 aromatic rings. The van der Waals surface area contributed by atoms with Gasteiger partial charge < -0.3 is 15.4 Å². The number of esters is 1. The number of nitrogens with one attached hydrogen (secondary N) is 2. The number of rotatable bonds is 6. The predicted octanol–water partition coefficient (Wildman–Crippen LogP) is 4.82. The normalized spacial score (nSPS) is 10.9. The minimum atomic E-state index is -0.439. The van der Waals surface area contributed by atoms with Gasteiger partial charge in [-0.25, -0.2) is 14.8 Å². The van der Waals surface area contributed by atoms with Crippen molar-refractivity contribution in [2.45, 2.75) is 20.8 Å². The first-order valence-electron chi connectivity index (χ1n) is 8.91. The van der Waals surface area contributed by atoms with Crippen LogP contribution in [0.25, 0.3) is 10.2 Å². The molecule has 0 spiro atoms. The molecule has 0 amide bonds. The average molecular weight is 427 g/mol. The molecular formula is C19H18N6O2S2. The van der Waals surface area contributed by atoms with Gasteiger partial charge in [-0.15, -0.1) is 21.5 Å². The molecule has 0 aliphatic rings. The number of aromatic nitrogens is 4. The van der Waals surface area contributed by atoms with E-state index in [-0.39, 0.29) is 5.69 Å². The standard InChI is InChI=1S/C19H18N6O2S2/c1-4-27-17(26)13-9-28-18(21-13)22-15-10(2)11(3)16(25-24-15)23-19-20-12-7-5-6-8-14(12)29-19/h5-9H,4H2,1-3H3,(H,20,23,25)(H,21,22,24). The fraction of sp³-hybridized carbons (Fsp3) is 0.211. The molecule has 0 aliphatic heterocycles. The number of para-hydroxylation sites is 1. The van der Waals surface area contributed by atoms with Gasteiger partial charge in [0, 0.05) is 16.5 Å². The van der Waals surface area contributed by atoms with Crippen LogP contribution in [0.3, 0.4) is 0 Å². The Kier molecular flexibility index (Phi) is 5.36.